The first-order valence-corrected chi connectivity index (χ1v) is 4.31. The maximum atomic E-state index is 12.7. The lowest BCUT2D eigenvalue weighted by Crippen LogP contribution is -2.28. The highest BCUT2D eigenvalue weighted by Gasteiger charge is 1.99. The van der Waals surface area contributed by atoms with Crippen LogP contribution in [0.25, 0.3) is 0 Å². The van der Waals surface area contributed by atoms with Crippen molar-refractivity contribution >= 4 is 0 Å². The minimum absolute atomic E-state index is 0.0447. The van der Waals surface area contributed by atoms with Gasteiger partial charge in [0.1, 0.15) is 5.82 Å². The molecule has 0 amide bonds. The van der Waals surface area contributed by atoms with Gasteiger partial charge in [-0.15, -0.1) is 0 Å². The van der Waals surface area contributed by atoms with E-state index in [4.69, 9.17) is 5.11 Å². The summed E-state index contributed by atoms with van der Waals surface area (Å²) in [6.45, 7) is 2.55. The Morgan fingerprint density at radius 2 is 2.31 bits per heavy atom. The summed E-state index contributed by atoms with van der Waals surface area (Å²) >= 11 is 0. The molecule has 1 aromatic rings. The lowest BCUT2D eigenvalue weighted by atomic mass is 10.2. The zero-order valence-corrected chi connectivity index (χ0v) is 7.63. The van der Waals surface area contributed by atoms with E-state index in [0.29, 0.717) is 6.54 Å². The molecular weight excluding hydrogens is 169 g/mol. The number of nitrogens with one attached hydrogen (secondary N) is 1. The van der Waals surface area contributed by atoms with Crippen molar-refractivity contribution in [3.05, 3.63) is 35.6 Å². The Morgan fingerprint density at radius 1 is 1.54 bits per heavy atom. The molecule has 1 atom stereocenters. The zero-order valence-electron chi connectivity index (χ0n) is 7.63. The summed E-state index contributed by atoms with van der Waals surface area (Å²) < 4.78 is 12.7. The fourth-order valence-corrected chi connectivity index (χ4v) is 1.00. The quantitative estimate of drug-likeness (QED) is 0.737. The van der Waals surface area contributed by atoms with Crippen LogP contribution in [0.2, 0.25) is 0 Å². The Bertz CT molecular complexity index is 265. The Labute approximate surface area is 77.4 Å². The number of hydrogen-bond donors (Lipinski definition) is 2. The van der Waals surface area contributed by atoms with Crippen molar-refractivity contribution in [1.82, 2.24) is 5.32 Å². The summed E-state index contributed by atoms with van der Waals surface area (Å²) in [5.41, 5.74) is 0.889. The van der Waals surface area contributed by atoms with Crippen LogP contribution in [0.3, 0.4) is 0 Å². The Hall–Kier alpha value is -0.930. The molecule has 0 bridgehead atoms. The molecule has 0 fully saturated rings. The predicted molar refractivity (Wildman–Crippen MR) is 49.8 cm³/mol. The number of benzene rings is 1. The number of hydrogen-bond acceptors (Lipinski definition) is 2. The largest absolute Gasteiger partial charge is 0.395 e. The van der Waals surface area contributed by atoms with Crippen molar-refractivity contribution < 1.29 is 9.50 Å². The summed E-state index contributed by atoms with van der Waals surface area (Å²) in [6, 6.07) is 6.47. The average molecular weight is 183 g/mol. The van der Waals surface area contributed by atoms with Crippen LogP contribution in [0.4, 0.5) is 4.39 Å². The highest BCUT2D eigenvalue weighted by molar-refractivity contribution is 5.15. The van der Waals surface area contributed by atoms with Gasteiger partial charge in [0.15, 0.2) is 0 Å². The van der Waals surface area contributed by atoms with Crippen LogP contribution in [0, 0.1) is 5.82 Å². The van der Waals surface area contributed by atoms with E-state index in [2.05, 4.69) is 5.32 Å². The molecule has 2 nitrogen and oxygen atoms in total. The van der Waals surface area contributed by atoms with Gasteiger partial charge in [-0.3, -0.25) is 0 Å². The molecule has 1 rings (SSSR count). The van der Waals surface area contributed by atoms with Gasteiger partial charge >= 0.3 is 0 Å². The van der Waals surface area contributed by atoms with E-state index in [0.717, 1.165) is 5.56 Å². The highest BCUT2D eigenvalue weighted by atomic mass is 19.1. The standard InChI is InChI=1S/C10H14FNO/c1-8(7-13)12-6-9-3-2-4-10(11)5-9/h2-5,8,12-13H,6-7H2,1H3/t8-/m1/s1. The topological polar surface area (TPSA) is 32.3 Å². The van der Waals surface area contributed by atoms with Crippen LogP contribution in [0.15, 0.2) is 24.3 Å². The van der Waals surface area contributed by atoms with Crippen molar-refractivity contribution in [2.45, 2.75) is 19.5 Å². The second kappa shape index (κ2) is 4.94. The lowest BCUT2D eigenvalue weighted by molar-refractivity contribution is 0.251. The summed E-state index contributed by atoms with van der Waals surface area (Å²) in [7, 11) is 0. The third-order valence-electron chi connectivity index (χ3n) is 1.82. The van der Waals surface area contributed by atoms with Crippen LogP contribution < -0.4 is 5.32 Å². The third-order valence-corrected chi connectivity index (χ3v) is 1.82. The molecule has 0 saturated carbocycles. The number of halogens is 1. The van der Waals surface area contributed by atoms with Gasteiger partial charge in [-0.05, 0) is 24.6 Å². The highest BCUT2D eigenvalue weighted by Crippen LogP contribution is 2.02. The molecule has 0 aromatic heterocycles. The molecule has 0 aliphatic heterocycles. The van der Waals surface area contributed by atoms with E-state index < -0.39 is 0 Å². The van der Waals surface area contributed by atoms with Crippen molar-refractivity contribution in [3.63, 3.8) is 0 Å². The van der Waals surface area contributed by atoms with Crippen molar-refractivity contribution in [2.75, 3.05) is 6.61 Å². The van der Waals surface area contributed by atoms with E-state index in [1.54, 1.807) is 6.07 Å². The fraction of sp³-hybridized carbons (Fsp3) is 0.400. The molecular formula is C10H14FNO. The summed E-state index contributed by atoms with van der Waals surface area (Å²) in [5.74, 6) is -0.226. The lowest BCUT2D eigenvalue weighted by Gasteiger charge is -2.10. The van der Waals surface area contributed by atoms with Gasteiger partial charge < -0.3 is 10.4 Å². The first-order valence-electron chi connectivity index (χ1n) is 4.31. The zero-order chi connectivity index (χ0) is 9.68. The molecule has 0 aliphatic carbocycles. The SMILES string of the molecule is C[C@H](CO)NCc1cccc(F)c1. The second-order valence-electron chi connectivity index (χ2n) is 3.09. The fourth-order valence-electron chi connectivity index (χ4n) is 1.00. The van der Waals surface area contributed by atoms with E-state index in [9.17, 15) is 4.39 Å². The maximum Gasteiger partial charge on any atom is 0.123 e. The molecule has 13 heavy (non-hydrogen) atoms. The summed E-state index contributed by atoms with van der Waals surface area (Å²) in [4.78, 5) is 0. The van der Waals surface area contributed by atoms with Crippen LogP contribution in [0.1, 0.15) is 12.5 Å². The maximum absolute atomic E-state index is 12.7. The van der Waals surface area contributed by atoms with Gasteiger partial charge in [-0.2, -0.15) is 0 Å². The molecule has 0 saturated heterocycles. The van der Waals surface area contributed by atoms with Gasteiger partial charge in [0, 0.05) is 12.6 Å². The van der Waals surface area contributed by atoms with E-state index in [-0.39, 0.29) is 18.5 Å². The average Bonchev–Trinajstić information content (AvgIpc) is 2.14. The van der Waals surface area contributed by atoms with Crippen LogP contribution in [-0.4, -0.2) is 17.8 Å². The van der Waals surface area contributed by atoms with Crippen molar-refractivity contribution in [2.24, 2.45) is 0 Å². The van der Waals surface area contributed by atoms with E-state index in [1.165, 1.54) is 12.1 Å². The van der Waals surface area contributed by atoms with Crippen molar-refractivity contribution in [1.29, 1.82) is 0 Å². The molecule has 0 spiro atoms. The Kier molecular flexibility index (Phi) is 3.86. The third kappa shape index (κ3) is 3.53. The van der Waals surface area contributed by atoms with E-state index >= 15 is 0 Å². The number of rotatable bonds is 4. The van der Waals surface area contributed by atoms with Crippen LogP contribution in [0.5, 0.6) is 0 Å². The minimum Gasteiger partial charge on any atom is -0.395 e. The summed E-state index contributed by atoms with van der Waals surface area (Å²) in [5, 5.41) is 11.8. The molecule has 3 heteroatoms. The molecule has 72 valence electrons. The smallest absolute Gasteiger partial charge is 0.123 e. The van der Waals surface area contributed by atoms with Crippen molar-refractivity contribution in [3.8, 4) is 0 Å². The van der Waals surface area contributed by atoms with E-state index in [1.807, 2.05) is 13.0 Å². The normalized spacial score (nSPS) is 12.8. The number of aliphatic hydroxyl groups excluding tert-OH is 1. The predicted octanol–water partition coefficient (Wildman–Crippen LogP) is 1.30. The Balaban J connectivity index is 2.45. The van der Waals surface area contributed by atoms with Gasteiger partial charge in [-0.25, -0.2) is 4.39 Å². The van der Waals surface area contributed by atoms with Gasteiger partial charge in [0.25, 0.3) is 0 Å². The molecule has 0 unspecified atom stereocenters. The first kappa shape index (κ1) is 10.2. The monoisotopic (exact) mass is 183 g/mol. The molecule has 1 aromatic carbocycles. The molecule has 0 aliphatic rings. The first-order chi connectivity index (χ1) is 6.22. The van der Waals surface area contributed by atoms with Gasteiger partial charge in [0.05, 0.1) is 6.61 Å². The second-order valence-corrected chi connectivity index (χ2v) is 3.09. The van der Waals surface area contributed by atoms with Gasteiger partial charge in [-0.1, -0.05) is 12.1 Å². The molecule has 0 radical (unpaired) electrons. The molecule has 0 heterocycles. The van der Waals surface area contributed by atoms with Gasteiger partial charge in [0.2, 0.25) is 0 Å². The van der Waals surface area contributed by atoms with Crippen LogP contribution in [-0.2, 0) is 6.54 Å². The van der Waals surface area contributed by atoms with Crippen LogP contribution >= 0.6 is 0 Å². The number of aliphatic hydroxyl groups is 1. The Morgan fingerprint density at radius 3 is 2.92 bits per heavy atom. The molecule has 2 N–H and O–H groups in total. The summed E-state index contributed by atoms with van der Waals surface area (Å²) in [6.07, 6.45) is 0. The minimum atomic E-state index is -0.226.